The molecule has 11 heteroatoms. The van der Waals surface area contributed by atoms with Crippen molar-refractivity contribution in [1.29, 1.82) is 0 Å². The van der Waals surface area contributed by atoms with E-state index in [2.05, 4.69) is 27.8 Å². The first kappa shape index (κ1) is 31.2. The third kappa shape index (κ3) is 9.12. The number of aromatic nitrogens is 2. The molecule has 0 bridgehead atoms. The molecule has 2 aromatic heterocycles. The first-order valence-corrected chi connectivity index (χ1v) is 13.9. The number of rotatable bonds is 17. The van der Waals surface area contributed by atoms with Gasteiger partial charge in [-0.3, -0.25) is 4.79 Å². The van der Waals surface area contributed by atoms with Gasteiger partial charge in [0.05, 0.1) is 19.1 Å². The molecule has 3 N–H and O–H groups in total. The van der Waals surface area contributed by atoms with Crippen LogP contribution in [0.2, 0.25) is 0 Å². The molecule has 3 heterocycles. The molecule has 0 saturated heterocycles. The third-order valence-electron chi connectivity index (χ3n) is 7.28. The Labute approximate surface area is 235 Å². The number of fused-ring (bicyclic) bond motifs is 1. The van der Waals surface area contributed by atoms with Crippen molar-refractivity contribution < 1.29 is 28.6 Å². The SMILES string of the molecule is COc1ncccc1[C@H](C)C(=O)N[C@@H](CCN(CCCCc1ccc2c(n1)NCCC2)C[C@@H](CF)OC)C(=O)O. The standard InChI is InChI=1S/C29H42FN5O5/c1-20(24-10-7-15-32-28(24)40-3)27(36)34-25(29(37)38)13-17-35(19-23(18-30)39-2)16-5-4-9-22-12-11-21-8-6-14-31-26(21)33-22/h7,10-12,15,20,23,25H,4-6,8-9,13-14,16-19H2,1-3H3,(H,31,33)(H,34,36)(H,37,38)/t20-,23+,25-/m0/s1. The van der Waals surface area contributed by atoms with Crippen molar-refractivity contribution in [1.82, 2.24) is 20.2 Å². The highest BCUT2D eigenvalue weighted by Gasteiger charge is 2.26. The maximum Gasteiger partial charge on any atom is 0.326 e. The van der Waals surface area contributed by atoms with Crippen LogP contribution in [0.4, 0.5) is 10.2 Å². The molecule has 0 saturated carbocycles. The molecular formula is C29H42FN5O5. The van der Waals surface area contributed by atoms with E-state index in [0.717, 1.165) is 50.2 Å². The van der Waals surface area contributed by atoms with E-state index in [0.29, 0.717) is 31.1 Å². The fourth-order valence-corrected chi connectivity index (χ4v) is 4.83. The summed E-state index contributed by atoms with van der Waals surface area (Å²) < 4.78 is 23.9. The van der Waals surface area contributed by atoms with Gasteiger partial charge in [0.2, 0.25) is 11.8 Å². The highest BCUT2D eigenvalue weighted by Crippen LogP contribution is 2.24. The Kier molecular flexibility index (Phi) is 12.5. The van der Waals surface area contributed by atoms with E-state index in [1.807, 2.05) is 4.90 Å². The number of hydrogen-bond donors (Lipinski definition) is 3. The number of carbonyl (C=O) groups excluding carboxylic acids is 1. The largest absolute Gasteiger partial charge is 0.481 e. The fourth-order valence-electron chi connectivity index (χ4n) is 4.83. The number of aliphatic carboxylic acids is 1. The zero-order valence-corrected chi connectivity index (χ0v) is 23.7. The predicted molar refractivity (Wildman–Crippen MR) is 151 cm³/mol. The Bertz CT molecular complexity index is 1100. The van der Waals surface area contributed by atoms with Gasteiger partial charge in [0.25, 0.3) is 0 Å². The van der Waals surface area contributed by atoms with Crippen LogP contribution in [0.5, 0.6) is 5.88 Å². The van der Waals surface area contributed by atoms with Crippen LogP contribution in [0.1, 0.15) is 55.3 Å². The number of methoxy groups -OCH3 is 2. The van der Waals surface area contributed by atoms with Crippen LogP contribution in [0.3, 0.4) is 0 Å². The number of nitrogens with zero attached hydrogens (tertiary/aromatic N) is 3. The molecule has 0 spiro atoms. The number of pyridine rings is 2. The Balaban J connectivity index is 1.55. The van der Waals surface area contributed by atoms with Crippen LogP contribution < -0.4 is 15.4 Å². The smallest absolute Gasteiger partial charge is 0.326 e. The van der Waals surface area contributed by atoms with Crippen molar-refractivity contribution in [3.8, 4) is 5.88 Å². The average molecular weight is 560 g/mol. The number of unbranched alkanes of at least 4 members (excludes halogenated alkanes) is 1. The molecule has 0 aromatic carbocycles. The van der Waals surface area contributed by atoms with Gasteiger partial charge < -0.3 is 30.1 Å². The number of hydrogen-bond acceptors (Lipinski definition) is 8. The Morgan fingerprint density at radius 1 is 1.23 bits per heavy atom. The van der Waals surface area contributed by atoms with Crippen molar-refractivity contribution in [2.24, 2.45) is 0 Å². The normalized spacial score (nSPS) is 15.0. The summed E-state index contributed by atoms with van der Waals surface area (Å²) in [7, 11) is 2.93. The molecule has 1 aliphatic heterocycles. The quantitative estimate of drug-likeness (QED) is 0.251. The van der Waals surface area contributed by atoms with E-state index < -0.39 is 36.6 Å². The van der Waals surface area contributed by atoms with Gasteiger partial charge in [-0.25, -0.2) is 19.2 Å². The van der Waals surface area contributed by atoms with Crippen LogP contribution in [0, 0.1) is 0 Å². The van der Waals surface area contributed by atoms with E-state index in [-0.39, 0.29) is 6.42 Å². The van der Waals surface area contributed by atoms with Gasteiger partial charge in [0, 0.05) is 44.2 Å². The summed E-state index contributed by atoms with van der Waals surface area (Å²) in [5.41, 5.74) is 2.86. The average Bonchev–Trinajstić information content (AvgIpc) is 2.98. The summed E-state index contributed by atoms with van der Waals surface area (Å²) in [5.74, 6) is -0.912. The Morgan fingerprint density at radius 2 is 2.05 bits per heavy atom. The minimum Gasteiger partial charge on any atom is -0.481 e. The number of carboxylic acids is 1. The molecule has 0 aliphatic carbocycles. The zero-order valence-electron chi connectivity index (χ0n) is 23.7. The molecule has 1 aliphatic rings. The number of halogens is 1. The second-order valence-electron chi connectivity index (χ2n) is 10.1. The van der Waals surface area contributed by atoms with Crippen LogP contribution >= 0.6 is 0 Å². The van der Waals surface area contributed by atoms with Crippen LogP contribution in [0.25, 0.3) is 0 Å². The van der Waals surface area contributed by atoms with Gasteiger partial charge in [-0.05, 0) is 69.7 Å². The summed E-state index contributed by atoms with van der Waals surface area (Å²) in [6.07, 6.45) is 5.83. The number of nitrogens with one attached hydrogen (secondary N) is 2. The molecule has 0 radical (unpaired) electrons. The van der Waals surface area contributed by atoms with Crippen molar-refractivity contribution in [2.45, 2.75) is 63.5 Å². The minimum absolute atomic E-state index is 0.165. The van der Waals surface area contributed by atoms with Gasteiger partial charge in [-0.2, -0.15) is 0 Å². The summed E-state index contributed by atoms with van der Waals surface area (Å²) in [5, 5.41) is 15.8. The number of alkyl halides is 1. The van der Waals surface area contributed by atoms with E-state index in [4.69, 9.17) is 14.5 Å². The van der Waals surface area contributed by atoms with E-state index >= 15 is 0 Å². The fraction of sp³-hybridized carbons (Fsp3) is 0.586. The second-order valence-corrected chi connectivity index (χ2v) is 10.1. The van der Waals surface area contributed by atoms with Crippen LogP contribution in [-0.4, -0.2) is 91.1 Å². The first-order chi connectivity index (χ1) is 19.4. The predicted octanol–water partition coefficient (Wildman–Crippen LogP) is 3.22. The third-order valence-corrected chi connectivity index (χ3v) is 7.28. The zero-order chi connectivity index (χ0) is 28.9. The summed E-state index contributed by atoms with van der Waals surface area (Å²) >= 11 is 0. The first-order valence-electron chi connectivity index (χ1n) is 13.9. The van der Waals surface area contributed by atoms with Crippen molar-refractivity contribution in [3.05, 3.63) is 47.3 Å². The van der Waals surface area contributed by atoms with Crippen molar-refractivity contribution in [3.63, 3.8) is 0 Å². The lowest BCUT2D eigenvalue weighted by Gasteiger charge is -2.27. The number of amides is 1. The molecule has 10 nitrogen and oxygen atoms in total. The van der Waals surface area contributed by atoms with Crippen molar-refractivity contribution in [2.75, 3.05) is 52.4 Å². The lowest BCUT2D eigenvalue weighted by atomic mass is 10.0. The second kappa shape index (κ2) is 16.1. The maximum atomic E-state index is 13.4. The lowest BCUT2D eigenvalue weighted by molar-refractivity contribution is -0.142. The highest BCUT2D eigenvalue weighted by atomic mass is 19.1. The summed E-state index contributed by atoms with van der Waals surface area (Å²) in [6, 6.07) is 6.55. The summed E-state index contributed by atoms with van der Waals surface area (Å²) in [6.45, 7) is 3.33. The molecule has 220 valence electrons. The number of anilines is 1. The molecule has 3 rings (SSSR count). The molecule has 1 amide bonds. The maximum absolute atomic E-state index is 13.4. The number of ether oxygens (including phenoxy) is 2. The number of aryl methyl sites for hydroxylation is 2. The molecule has 0 fully saturated rings. The topological polar surface area (TPSA) is 126 Å². The van der Waals surface area contributed by atoms with Gasteiger partial charge in [-0.1, -0.05) is 12.1 Å². The molecule has 0 unspecified atom stereocenters. The Morgan fingerprint density at radius 3 is 2.77 bits per heavy atom. The minimum atomic E-state index is -1.13. The van der Waals surface area contributed by atoms with Gasteiger partial charge in [0.1, 0.15) is 18.5 Å². The van der Waals surface area contributed by atoms with Gasteiger partial charge >= 0.3 is 5.97 Å². The van der Waals surface area contributed by atoms with E-state index in [9.17, 15) is 19.1 Å². The monoisotopic (exact) mass is 559 g/mol. The van der Waals surface area contributed by atoms with Crippen molar-refractivity contribution >= 4 is 17.7 Å². The molecule has 2 aromatic rings. The highest BCUT2D eigenvalue weighted by molar-refractivity contribution is 5.88. The summed E-state index contributed by atoms with van der Waals surface area (Å²) in [4.78, 5) is 35.8. The Hall–Kier alpha value is -3.31. The molecular weight excluding hydrogens is 517 g/mol. The van der Waals surface area contributed by atoms with Crippen LogP contribution in [0.15, 0.2) is 30.5 Å². The van der Waals surface area contributed by atoms with Crippen LogP contribution in [-0.2, 0) is 27.2 Å². The van der Waals surface area contributed by atoms with E-state index in [1.54, 1.807) is 25.3 Å². The van der Waals surface area contributed by atoms with E-state index in [1.165, 1.54) is 19.8 Å². The molecule has 3 atom stereocenters. The van der Waals surface area contributed by atoms with Gasteiger partial charge in [-0.15, -0.1) is 0 Å². The number of carboxylic acid groups (broad SMARTS) is 1. The lowest BCUT2D eigenvalue weighted by Crippen LogP contribution is -2.45. The molecule has 40 heavy (non-hydrogen) atoms. The van der Waals surface area contributed by atoms with Gasteiger partial charge in [0.15, 0.2) is 0 Å². The number of carbonyl (C=O) groups is 2.